The molecule has 1 fully saturated rings. The third-order valence-corrected chi connectivity index (χ3v) is 7.30. The van der Waals surface area contributed by atoms with Crippen LogP contribution >= 0.6 is 0 Å². The molecule has 0 aliphatic carbocycles. The highest BCUT2D eigenvalue weighted by Crippen LogP contribution is 2.48. The van der Waals surface area contributed by atoms with E-state index in [4.69, 9.17) is 34.2 Å². The molecular weight excluding hydrogens is 498 g/mol. The van der Waals surface area contributed by atoms with Crippen LogP contribution in [0.4, 0.5) is 0 Å². The normalized spacial score (nSPS) is 17.5. The molecule has 0 spiro atoms. The summed E-state index contributed by atoms with van der Waals surface area (Å²) in [4.78, 5) is 0.104. The lowest BCUT2D eigenvalue weighted by Crippen LogP contribution is -2.10. The number of hydrogen-bond donors (Lipinski definition) is 1. The fourth-order valence-corrected chi connectivity index (χ4v) is 5.20. The number of nitrogens with two attached hydrogens (primary N) is 1. The lowest BCUT2D eigenvalue weighted by atomic mass is 10.0. The van der Waals surface area contributed by atoms with E-state index in [-0.39, 0.29) is 22.9 Å². The van der Waals surface area contributed by atoms with Crippen LogP contribution in [0.25, 0.3) is 0 Å². The first-order chi connectivity index (χ1) is 17.8. The number of hydrogen-bond acceptors (Lipinski definition) is 9. The Morgan fingerprint density at radius 3 is 1.95 bits per heavy atom. The minimum absolute atomic E-state index is 0.104. The molecule has 2 aromatic rings. The van der Waals surface area contributed by atoms with E-state index < -0.39 is 9.84 Å². The van der Waals surface area contributed by atoms with Gasteiger partial charge in [0, 0.05) is 6.26 Å². The van der Waals surface area contributed by atoms with Crippen molar-refractivity contribution in [3.8, 4) is 28.7 Å². The second-order valence-electron chi connectivity index (χ2n) is 8.96. The van der Waals surface area contributed by atoms with Crippen molar-refractivity contribution >= 4 is 9.84 Å². The van der Waals surface area contributed by atoms with Gasteiger partial charge in [-0.15, -0.1) is 0 Å². The van der Waals surface area contributed by atoms with Gasteiger partial charge in [0.15, 0.2) is 32.8 Å². The fourth-order valence-electron chi connectivity index (χ4n) is 4.36. The molecule has 0 amide bonds. The number of ether oxygens (including phenoxy) is 6. The zero-order chi connectivity index (χ0) is 27.0. The van der Waals surface area contributed by atoms with Crippen molar-refractivity contribution in [2.24, 2.45) is 5.73 Å². The molecule has 2 unspecified atom stereocenters. The molecule has 0 radical (unpaired) electrons. The predicted molar refractivity (Wildman–Crippen MR) is 141 cm³/mol. The van der Waals surface area contributed by atoms with Crippen molar-refractivity contribution in [2.45, 2.75) is 56.1 Å². The SMILES string of the molecule is CCCOc1c(OCCCCN)cc(C2CCC(c3cc(OC)c(OC)c(OC)c3)O2)cc1S(C)(=O)=O. The Labute approximate surface area is 220 Å². The highest BCUT2D eigenvalue weighted by molar-refractivity contribution is 7.90. The van der Waals surface area contributed by atoms with Crippen LogP contribution < -0.4 is 29.4 Å². The molecule has 206 valence electrons. The maximum absolute atomic E-state index is 12.8. The standard InChI is InChI=1S/C27H39NO8S/c1-6-12-35-27-24(34-13-8-7-11-28)16-19(17-25(27)37(5,29)30)21-10-9-20(36-21)18-14-22(31-2)26(33-4)23(15-18)32-3/h14-17,20-21H,6-13,28H2,1-5H3. The molecule has 1 heterocycles. The number of sulfone groups is 1. The zero-order valence-electron chi connectivity index (χ0n) is 22.4. The van der Waals surface area contributed by atoms with Gasteiger partial charge in [-0.2, -0.15) is 0 Å². The highest BCUT2D eigenvalue weighted by atomic mass is 32.2. The van der Waals surface area contributed by atoms with Gasteiger partial charge in [-0.25, -0.2) is 8.42 Å². The van der Waals surface area contributed by atoms with Crippen LogP contribution in [0.15, 0.2) is 29.2 Å². The van der Waals surface area contributed by atoms with E-state index in [2.05, 4.69) is 0 Å². The van der Waals surface area contributed by atoms with E-state index in [1.807, 2.05) is 25.1 Å². The molecule has 10 heteroatoms. The maximum Gasteiger partial charge on any atom is 0.203 e. The Hall–Kier alpha value is -2.69. The lowest BCUT2D eigenvalue weighted by Gasteiger charge is -2.21. The second kappa shape index (κ2) is 13.2. The summed E-state index contributed by atoms with van der Waals surface area (Å²) in [6, 6.07) is 7.24. The molecule has 1 aliphatic heterocycles. The summed E-state index contributed by atoms with van der Waals surface area (Å²) in [5, 5.41) is 0. The molecular formula is C27H39NO8S. The number of benzene rings is 2. The topological polar surface area (TPSA) is 116 Å². The number of rotatable bonds is 14. The van der Waals surface area contributed by atoms with Crippen molar-refractivity contribution in [1.29, 1.82) is 0 Å². The van der Waals surface area contributed by atoms with Crippen molar-refractivity contribution < 1.29 is 36.8 Å². The van der Waals surface area contributed by atoms with Crippen molar-refractivity contribution in [3.05, 3.63) is 35.4 Å². The Balaban J connectivity index is 1.95. The van der Waals surface area contributed by atoms with E-state index >= 15 is 0 Å². The van der Waals surface area contributed by atoms with Crippen LogP contribution in [0.5, 0.6) is 28.7 Å². The Bertz CT molecular complexity index is 1130. The second-order valence-corrected chi connectivity index (χ2v) is 10.9. The summed E-state index contributed by atoms with van der Waals surface area (Å²) in [6.07, 6.45) is 4.36. The third kappa shape index (κ3) is 7.00. The molecule has 0 aromatic heterocycles. The average Bonchev–Trinajstić information content (AvgIpc) is 3.38. The molecule has 1 aliphatic rings. The van der Waals surface area contributed by atoms with Crippen LogP contribution in [0.1, 0.15) is 62.4 Å². The van der Waals surface area contributed by atoms with Gasteiger partial charge in [0.2, 0.25) is 5.75 Å². The maximum atomic E-state index is 12.8. The molecule has 0 bridgehead atoms. The van der Waals surface area contributed by atoms with E-state index in [9.17, 15) is 8.42 Å². The van der Waals surface area contributed by atoms with E-state index in [1.165, 1.54) is 6.26 Å². The molecule has 37 heavy (non-hydrogen) atoms. The summed E-state index contributed by atoms with van der Waals surface area (Å²) in [5.74, 6) is 2.27. The lowest BCUT2D eigenvalue weighted by molar-refractivity contribution is 0.0434. The van der Waals surface area contributed by atoms with Gasteiger partial charge in [0.1, 0.15) is 4.90 Å². The van der Waals surface area contributed by atoms with Crippen molar-refractivity contribution in [1.82, 2.24) is 0 Å². The molecule has 3 rings (SSSR count). The smallest absolute Gasteiger partial charge is 0.203 e. The molecule has 1 saturated heterocycles. The Kier molecular flexibility index (Phi) is 10.3. The molecule has 2 aromatic carbocycles. The Morgan fingerprint density at radius 2 is 1.43 bits per heavy atom. The molecule has 2 N–H and O–H groups in total. The first-order valence-electron chi connectivity index (χ1n) is 12.6. The van der Waals surface area contributed by atoms with Gasteiger partial charge in [0.25, 0.3) is 0 Å². The number of methoxy groups -OCH3 is 3. The molecule has 0 saturated carbocycles. The first-order valence-corrected chi connectivity index (χ1v) is 14.4. The summed E-state index contributed by atoms with van der Waals surface area (Å²) in [7, 11) is 1.11. The summed E-state index contributed by atoms with van der Waals surface area (Å²) >= 11 is 0. The largest absolute Gasteiger partial charge is 0.493 e. The summed E-state index contributed by atoms with van der Waals surface area (Å²) in [6.45, 7) is 3.32. The minimum atomic E-state index is -3.59. The summed E-state index contributed by atoms with van der Waals surface area (Å²) < 4.78 is 60.3. The Morgan fingerprint density at radius 1 is 0.838 bits per heavy atom. The van der Waals surface area contributed by atoms with Gasteiger partial charge in [-0.1, -0.05) is 6.92 Å². The van der Waals surface area contributed by atoms with Gasteiger partial charge in [0.05, 0.1) is 46.8 Å². The monoisotopic (exact) mass is 537 g/mol. The molecule has 2 atom stereocenters. The summed E-state index contributed by atoms with van der Waals surface area (Å²) in [5.41, 5.74) is 7.23. The highest BCUT2D eigenvalue weighted by Gasteiger charge is 2.32. The van der Waals surface area contributed by atoms with Crippen LogP contribution in [0, 0.1) is 0 Å². The van der Waals surface area contributed by atoms with Gasteiger partial charge in [-0.05, 0) is 74.0 Å². The van der Waals surface area contributed by atoms with Crippen molar-refractivity contribution in [2.75, 3.05) is 47.3 Å². The first kappa shape index (κ1) is 28.9. The van der Waals surface area contributed by atoms with E-state index in [1.54, 1.807) is 27.4 Å². The predicted octanol–water partition coefficient (Wildman–Crippen LogP) is 4.62. The van der Waals surface area contributed by atoms with Gasteiger partial charge in [-0.3, -0.25) is 0 Å². The van der Waals surface area contributed by atoms with Gasteiger partial charge >= 0.3 is 0 Å². The zero-order valence-corrected chi connectivity index (χ0v) is 23.2. The minimum Gasteiger partial charge on any atom is -0.493 e. The van der Waals surface area contributed by atoms with E-state index in [0.29, 0.717) is 49.2 Å². The van der Waals surface area contributed by atoms with Crippen LogP contribution in [-0.4, -0.2) is 55.8 Å². The quantitative estimate of drug-likeness (QED) is 0.345. The number of unbranched alkanes of at least 4 members (excludes halogenated alkanes) is 1. The van der Waals surface area contributed by atoms with Crippen molar-refractivity contribution in [3.63, 3.8) is 0 Å². The third-order valence-electron chi connectivity index (χ3n) is 6.20. The van der Waals surface area contributed by atoms with Gasteiger partial charge < -0.3 is 34.2 Å². The van der Waals surface area contributed by atoms with Crippen LogP contribution in [0.3, 0.4) is 0 Å². The van der Waals surface area contributed by atoms with Crippen LogP contribution in [-0.2, 0) is 14.6 Å². The average molecular weight is 538 g/mol. The van der Waals surface area contributed by atoms with E-state index in [0.717, 1.165) is 36.8 Å². The molecule has 9 nitrogen and oxygen atoms in total. The fraction of sp³-hybridized carbons (Fsp3) is 0.556. The van der Waals surface area contributed by atoms with Crippen LogP contribution in [0.2, 0.25) is 0 Å².